The molecule has 0 amide bonds. The van der Waals surface area contributed by atoms with Crippen molar-refractivity contribution in [2.75, 3.05) is 0 Å². The average Bonchev–Trinajstić information content (AvgIpc) is 3.33. The van der Waals surface area contributed by atoms with Crippen LogP contribution in [0.5, 0.6) is 0 Å². The van der Waals surface area contributed by atoms with Gasteiger partial charge < -0.3 is 9.30 Å². The van der Waals surface area contributed by atoms with Gasteiger partial charge in [0.2, 0.25) is 0 Å². The molecular formula is C24H26N6O5. The van der Waals surface area contributed by atoms with Crippen LogP contribution in [0.3, 0.4) is 0 Å². The molecular weight excluding hydrogens is 452 g/mol. The smallest absolute Gasteiger partial charge is 0.380 e. The van der Waals surface area contributed by atoms with Gasteiger partial charge in [-0.3, -0.25) is 19.1 Å². The zero-order valence-electron chi connectivity index (χ0n) is 20.0. The van der Waals surface area contributed by atoms with E-state index in [4.69, 9.17) is 4.74 Å². The summed E-state index contributed by atoms with van der Waals surface area (Å²) in [5.41, 5.74) is 1.13. The zero-order chi connectivity index (χ0) is 25.3. The summed E-state index contributed by atoms with van der Waals surface area (Å²) in [6.45, 7) is 5.39. The summed E-state index contributed by atoms with van der Waals surface area (Å²) >= 11 is 0. The summed E-state index contributed by atoms with van der Waals surface area (Å²) in [7, 11) is 1.59. The minimum absolute atomic E-state index is 0.175. The van der Waals surface area contributed by atoms with Crippen molar-refractivity contribution in [3.8, 4) is 5.69 Å². The number of hydrogen-bond acceptors (Lipinski definition) is 7. The maximum Gasteiger partial charge on any atom is 0.380 e. The number of benzene rings is 1. The number of Topliss-reactive ketones (excluding diaryl/α,β-unsaturated/α-hetero) is 1. The molecule has 4 aromatic rings. The molecule has 0 atom stereocenters. The average molecular weight is 479 g/mol. The molecule has 0 aliphatic carbocycles. The number of imidazole rings is 1. The van der Waals surface area contributed by atoms with Crippen molar-refractivity contribution in [2.45, 2.75) is 46.8 Å². The molecule has 11 nitrogen and oxygen atoms in total. The van der Waals surface area contributed by atoms with Gasteiger partial charge in [0.25, 0.3) is 11.3 Å². The van der Waals surface area contributed by atoms with Crippen molar-refractivity contribution >= 4 is 22.9 Å². The van der Waals surface area contributed by atoms with Crippen LogP contribution in [0.2, 0.25) is 0 Å². The first-order valence-electron chi connectivity index (χ1n) is 11.3. The van der Waals surface area contributed by atoms with E-state index in [9.17, 15) is 19.2 Å². The second-order valence-corrected chi connectivity index (χ2v) is 8.22. The highest BCUT2D eigenvalue weighted by molar-refractivity contribution is 6.41. The van der Waals surface area contributed by atoms with Crippen molar-refractivity contribution in [2.24, 2.45) is 7.05 Å². The molecule has 0 aliphatic rings. The molecule has 0 saturated heterocycles. The van der Waals surface area contributed by atoms with E-state index in [1.807, 2.05) is 37.3 Å². The van der Waals surface area contributed by atoms with Crippen LogP contribution in [0.25, 0.3) is 16.9 Å². The molecule has 0 bridgehead atoms. The van der Waals surface area contributed by atoms with Crippen molar-refractivity contribution in [1.29, 1.82) is 0 Å². The van der Waals surface area contributed by atoms with E-state index in [0.717, 1.165) is 18.5 Å². The summed E-state index contributed by atoms with van der Waals surface area (Å²) < 4.78 is 9.71. The number of ether oxygens (including phenoxy) is 1. The number of aryl methyl sites for hydroxylation is 3. The Hall–Kier alpha value is -4.28. The number of nitrogens with one attached hydrogen (secondary N) is 1. The Morgan fingerprint density at radius 2 is 1.83 bits per heavy atom. The number of aromatic amines is 1. The molecule has 3 aromatic heterocycles. The number of para-hydroxylation sites is 1. The van der Waals surface area contributed by atoms with Gasteiger partial charge in [0.15, 0.2) is 11.2 Å². The number of carbonyl (C=O) groups is 2. The van der Waals surface area contributed by atoms with Gasteiger partial charge in [-0.1, -0.05) is 31.5 Å². The summed E-state index contributed by atoms with van der Waals surface area (Å²) in [4.78, 5) is 56.9. The largest absolute Gasteiger partial charge is 0.452 e. The SMILES string of the molecule is CCCCn1c(=O)[nH]c(=O)c2c1nc(COC(=O)C(=O)c1c(C)nn(-c3ccccc3)c1C)n2C. The normalized spacial score (nSPS) is 11.2. The van der Waals surface area contributed by atoms with Crippen LogP contribution >= 0.6 is 0 Å². The Balaban J connectivity index is 1.59. The minimum Gasteiger partial charge on any atom is -0.452 e. The number of ketones is 1. The van der Waals surface area contributed by atoms with Gasteiger partial charge in [-0.25, -0.2) is 19.3 Å². The molecule has 35 heavy (non-hydrogen) atoms. The number of fused-ring (bicyclic) bond motifs is 1. The number of carbonyl (C=O) groups excluding carboxylic acids is 2. The Morgan fingerprint density at radius 1 is 1.11 bits per heavy atom. The van der Waals surface area contributed by atoms with E-state index < -0.39 is 23.0 Å². The monoisotopic (exact) mass is 478 g/mol. The predicted molar refractivity (Wildman–Crippen MR) is 128 cm³/mol. The maximum atomic E-state index is 12.9. The zero-order valence-corrected chi connectivity index (χ0v) is 20.0. The van der Waals surface area contributed by atoms with E-state index in [-0.39, 0.29) is 29.2 Å². The first kappa shape index (κ1) is 23.9. The third-order valence-electron chi connectivity index (χ3n) is 5.88. The standard InChI is InChI=1S/C24H26N6O5/c1-5-6-12-29-21-19(22(32)26-24(29)34)28(4)17(25-21)13-35-23(33)20(31)18-14(2)27-30(15(18)3)16-10-8-7-9-11-16/h7-11H,5-6,12-13H2,1-4H3,(H,26,32,34). The first-order valence-corrected chi connectivity index (χ1v) is 11.3. The van der Waals surface area contributed by atoms with Crippen LogP contribution in [-0.2, 0) is 29.7 Å². The molecule has 1 N–H and O–H groups in total. The second-order valence-electron chi connectivity index (χ2n) is 8.22. The first-order chi connectivity index (χ1) is 16.7. The highest BCUT2D eigenvalue weighted by Gasteiger charge is 2.27. The Morgan fingerprint density at radius 3 is 2.51 bits per heavy atom. The number of unbranched alkanes of at least 4 members (excludes halogenated alkanes) is 1. The lowest BCUT2D eigenvalue weighted by Crippen LogP contribution is -2.31. The minimum atomic E-state index is -1.06. The Kier molecular flexibility index (Phi) is 6.50. The quantitative estimate of drug-likeness (QED) is 0.232. The number of esters is 1. The van der Waals surface area contributed by atoms with Crippen molar-refractivity contribution in [3.63, 3.8) is 0 Å². The van der Waals surface area contributed by atoms with E-state index in [2.05, 4.69) is 15.1 Å². The molecule has 1 aromatic carbocycles. The molecule has 0 aliphatic heterocycles. The third-order valence-corrected chi connectivity index (χ3v) is 5.88. The van der Waals surface area contributed by atoms with Gasteiger partial charge in [-0.15, -0.1) is 0 Å². The number of aromatic nitrogens is 6. The van der Waals surface area contributed by atoms with Crippen LogP contribution in [0.15, 0.2) is 39.9 Å². The number of nitrogens with zero attached hydrogens (tertiary/aromatic N) is 5. The number of hydrogen-bond donors (Lipinski definition) is 1. The lowest BCUT2D eigenvalue weighted by molar-refractivity contribution is -0.139. The molecule has 0 fully saturated rings. The van der Waals surface area contributed by atoms with Crippen molar-refractivity contribution < 1.29 is 14.3 Å². The second kappa shape index (κ2) is 9.53. The molecule has 3 heterocycles. The van der Waals surface area contributed by atoms with Crippen LogP contribution < -0.4 is 11.2 Å². The van der Waals surface area contributed by atoms with E-state index in [1.165, 1.54) is 9.13 Å². The number of rotatable bonds is 8. The predicted octanol–water partition coefficient (Wildman–Crippen LogP) is 1.95. The fourth-order valence-corrected chi connectivity index (χ4v) is 4.03. The summed E-state index contributed by atoms with van der Waals surface area (Å²) in [6.07, 6.45) is 1.58. The fraction of sp³-hybridized carbons (Fsp3) is 0.333. The molecule has 0 spiro atoms. The topological polar surface area (TPSA) is 134 Å². The van der Waals surface area contributed by atoms with Crippen LogP contribution in [0.4, 0.5) is 0 Å². The summed E-state index contributed by atoms with van der Waals surface area (Å²) in [5.74, 6) is -1.65. The Labute approximate surface area is 200 Å². The summed E-state index contributed by atoms with van der Waals surface area (Å²) in [5, 5.41) is 4.40. The molecule has 0 radical (unpaired) electrons. The lowest BCUT2D eigenvalue weighted by atomic mass is 10.1. The fourth-order valence-electron chi connectivity index (χ4n) is 4.03. The van der Waals surface area contributed by atoms with Gasteiger partial charge in [0.1, 0.15) is 12.4 Å². The van der Waals surface area contributed by atoms with Crippen LogP contribution in [-0.4, -0.2) is 40.6 Å². The van der Waals surface area contributed by atoms with Crippen LogP contribution in [0, 0.1) is 13.8 Å². The Bertz CT molecular complexity index is 1540. The molecule has 4 rings (SSSR count). The van der Waals surface area contributed by atoms with Gasteiger partial charge in [-0.05, 0) is 32.4 Å². The van der Waals surface area contributed by atoms with Crippen molar-refractivity contribution in [1.82, 2.24) is 28.9 Å². The molecule has 11 heteroatoms. The van der Waals surface area contributed by atoms with E-state index >= 15 is 0 Å². The van der Waals surface area contributed by atoms with Crippen LogP contribution in [0.1, 0.15) is 47.3 Å². The maximum absolute atomic E-state index is 12.9. The van der Waals surface area contributed by atoms with Crippen molar-refractivity contribution in [3.05, 3.63) is 73.9 Å². The highest BCUT2D eigenvalue weighted by Crippen LogP contribution is 2.19. The molecule has 182 valence electrons. The molecule has 0 unspecified atom stereocenters. The lowest BCUT2D eigenvalue weighted by Gasteiger charge is -2.06. The van der Waals surface area contributed by atoms with E-state index in [1.54, 1.807) is 25.6 Å². The van der Waals surface area contributed by atoms with Gasteiger partial charge in [0, 0.05) is 13.6 Å². The van der Waals surface area contributed by atoms with Gasteiger partial charge >= 0.3 is 11.7 Å². The van der Waals surface area contributed by atoms with Gasteiger partial charge in [0.05, 0.1) is 22.6 Å². The summed E-state index contributed by atoms with van der Waals surface area (Å²) in [6, 6.07) is 9.27. The number of H-pyrrole nitrogens is 1. The third kappa shape index (κ3) is 4.32. The molecule has 0 saturated carbocycles. The van der Waals surface area contributed by atoms with Gasteiger partial charge in [-0.2, -0.15) is 5.10 Å². The van der Waals surface area contributed by atoms with E-state index in [0.29, 0.717) is 17.9 Å². The highest BCUT2D eigenvalue weighted by atomic mass is 16.5.